The van der Waals surface area contributed by atoms with Crippen LogP contribution in [0.4, 0.5) is 17.1 Å². The number of nitrogens with zero attached hydrogens (tertiary/aromatic N) is 3. The van der Waals surface area contributed by atoms with Gasteiger partial charge in [-0.2, -0.15) is 0 Å². The van der Waals surface area contributed by atoms with Crippen molar-refractivity contribution in [1.29, 1.82) is 0 Å². The molecule has 18 heavy (non-hydrogen) atoms. The minimum atomic E-state index is -0.542. The van der Waals surface area contributed by atoms with E-state index in [1.807, 2.05) is 11.9 Å². The van der Waals surface area contributed by atoms with E-state index < -0.39 is 4.92 Å². The number of nitro benzene ring substituents is 1. The molecular formula is C11H14N4O3. The first-order valence-electron chi connectivity index (χ1n) is 5.52. The number of likely N-dealkylation sites (N-methyl/N-ethyl adjacent to an activating group) is 1. The Bertz CT molecular complexity index is 503. The van der Waals surface area contributed by atoms with Crippen molar-refractivity contribution in [1.82, 2.24) is 4.90 Å². The maximum atomic E-state index is 11.9. The van der Waals surface area contributed by atoms with E-state index in [4.69, 9.17) is 5.73 Å². The summed E-state index contributed by atoms with van der Waals surface area (Å²) in [6, 6.07) is 4.43. The lowest BCUT2D eigenvalue weighted by atomic mass is 10.2. The van der Waals surface area contributed by atoms with Crippen LogP contribution < -0.4 is 10.6 Å². The molecule has 0 aliphatic carbocycles. The van der Waals surface area contributed by atoms with Crippen LogP contribution >= 0.6 is 0 Å². The van der Waals surface area contributed by atoms with Gasteiger partial charge >= 0.3 is 0 Å². The molecule has 7 nitrogen and oxygen atoms in total. The number of benzene rings is 1. The highest BCUT2D eigenvalue weighted by Crippen LogP contribution is 2.28. The van der Waals surface area contributed by atoms with Crippen molar-refractivity contribution in [2.75, 3.05) is 37.3 Å². The summed E-state index contributed by atoms with van der Waals surface area (Å²) >= 11 is 0. The SMILES string of the molecule is CN1CCN(c2ccc(N)c([N+](=O)[O-])c2)C(=O)C1. The molecule has 0 atom stereocenters. The van der Waals surface area contributed by atoms with Gasteiger partial charge in [-0.25, -0.2) is 0 Å². The Hall–Kier alpha value is -2.15. The van der Waals surface area contributed by atoms with Gasteiger partial charge in [-0.3, -0.25) is 19.8 Å². The molecule has 1 fully saturated rings. The second-order valence-corrected chi connectivity index (χ2v) is 4.28. The summed E-state index contributed by atoms with van der Waals surface area (Å²) in [7, 11) is 1.86. The maximum Gasteiger partial charge on any atom is 0.294 e. The fourth-order valence-corrected chi connectivity index (χ4v) is 1.92. The summed E-state index contributed by atoms with van der Waals surface area (Å²) in [5.41, 5.74) is 5.98. The molecule has 1 aliphatic heterocycles. The summed E-state index contributed by atoms with van der Waals surface area (Å²) in [6.07, 6.45) is 0. The summed E-state index contributed by atoms with van der Waals surface area (Å²) in [5, 5.41) is 10.8. The summed E-state index contributed by atoms with van der Waals surface area (Å²) < 4.78 is 0. The Morgan fingerprint density at radius 2 is 2.11 bits per heavy atom. The topological polar surface area (TPSA) is 92.7 Å². The fraction of sp³-hybridized carbons (Fsp3) is 0.364. The van der Waals surface area contributed by atoms with Crippen molar-refractivity contribution in [3.05, 3.63) is 28.3 Å². The van der Waals surface area contributed by atoms with Crippen LogP contribution in [0.15, 0.2) is 18.2 Å². The van der Waals surface area contributed by atoms with Crippen LogP contribution in [0, 0.1) is 10.1 Å². The number of amides is 1. The first-order chi connectivity index (χ1) is 8.49. The van der Waals surface area contributed by atoms with Crippen LogP contribution in [-0.4, -0.2) is 42.4 Å². The molecule has 0 saturated carbocycles. The third kappa shape index (κ3) is 2.25. The standard InChI is InChI=1S/C11H14N4O3/c1-13-4-5-14(11(16)7-13)8-2-3-9(12)10(6-8)15(17)18/h2-3,6H,4-5,7,12H2,1H3. The van der Waals surface area contributed by atoms with Crippen LogP contribution in [0.25, 0.3) is 0 Å². The van der Waals surface area contributed by atoms with E-state index >= 15 is 0 Å². The average molecular weight is 250 g/mol. The summed E-state index contributed by atoms with van der Waals surface area (Å²) in [6.45, 7) is 1.58. The Labute approximate surface area is 104 Å². The lowest BCUT2D eigenvalue weighted by molar-refractivity contribution is -0.383. The van der Waals surface area contributed by atoms with E-state index in [9.17, 15) is 14.9 Å². The zero-order chi connectivity index (χ0) is 13.3. The third-order valence-electron chi connectivity index (χ3n) is 2.93. The van der Waals surface area contributed by atoms with E-state index in [2.05, 4.69) is 0 Å². The first kappa shape index (κ1) is 12.3. The quantitative estimate of drug-likeness (QED) is 0.467. The second kappa shape index (κ2) is 4.61. The zero-order valence-electron chi connectivity index (χ0n) is 10.00. The molecule has 1 aromatic carbocycles. The summed E-state index contributed by atoms with van der Waals surface area (Å²) in [4.78, 5) is 25.6. The molecule has 0 radical (unpaired) electrons. The van der Waals surface area contributed by atoms with E-state index in [-0.39, 0.29) is 17.3 Å². The highest BCUT2D eigenvalue weighted by molar-refractivity contribution is 5.96. The number of carbonyl (C=O) groups excluding carboxylic acids is 1. The fourth-order valence-electron chi connectivity index (χ4n) is 1.92. The average Bonchev–Trinajstić information content (AvgIpc) is 2.30. The molecule has 1 aliphatic rings. The first-order valence-corrected chi connectivity index (χ1v) is 5.52. The molecule has 1 amide bonds. The van der Waals surface area contributed by atoms with Gasteiger partial charge in [-0.15, -0.1) is 0 Å². The van der Waals surface area contributed by atoms with Crippen molar-refractivity contribution >= 4 is 23.0 Å². The molecular weight excluding hydrogens is 236 g/mol. The minimum absolute atomic E-state index is 0.0668. The van der Waals surface area contributed by atoms with E-state index in [1.54, 1.807) is 11.0 Å². The molecule has 96 valence electrons. The Morgan fingerprint density at radius 1 is 1.39 bits per heavy atom. The van der Waals surface area contributed by atoms with E-state index in [0.717, 1.165) is 6.54 Å². The molecule has 2 N–H and O–H groups in total. The summed E-state index contributed by atoms with van der Waals surface area (Å²) in [5.74, 6) is -0.0668. The molecule has 1 heterocycles. The van der Waals surface area contributed by atoms with Crippen molar-refractivity contribution in [2.45, 2.75) is 0 Å². The normalized spacial score (nSPS) is 16.9. The smallest absolute Gasteiger partial charge is 0.294 e. The van der Waals surface area contributed by atoms with Gasteiger partial charge in [0.25, 0.3) is 5.69 Å². The number of piperazine rings is 1. The van der Waals surface area contributed by atoms with E-state index in [1.165, 1.54) is 12.1 Å². The van der Waals surface area contributed by atoms with Crippen molar-refractivity contribution < 1.29 is 9.72 Å². The number of anilines is 2. The second-order valence-electron chi connectivity index (χ2n) is 4.28. The highest BCUT2D eigenvalue weighted by atomic mass is 16.6. The van der Waals surface area contributed by atoms with E-state index in [0.29, 0.717) is 18.8 Å². The Kier molecular flexibility index (Phi) is 3.15. The van der Waals surface area contributed by atoms with Gasteiger partial charge in [0.1, 0.15) is 5.69 Å². The van der Waals surface area contributed by atoms with Gasteiger partial charge in [0, 0.05) is 19.2 Å². The van der Waals surface area contributed by atoms with Crippen molar-refractivity contribution in [3.8, 4) is 0 Å². The highest BCUT2D eigenvalue weighted by Gasteiger charge is 2.24. The van der Waals surface area contributed by atoms with Gasteiger partial charge in [0.05, 0.1) is 17.2 Å². The van der Waals surface area contributed by atoms with Gasteiger partial charge < -0.3 is 10.6 Å². The molecule has 0 unspecified atom stereocenters. The molecule has 7 heteroatoms. The van der Waals surface area contributed by atoms with Crippen LogP contribution in [0.1, 0.15) is 0 Å². The van der Waals surface area contributed by atoms with Crippen LogP contribution in [0.2, 0.25) is 0 Å². The number of nitrogen functional groups attached to an aromatic ring is 1. The monoisotopic (exact) mass is 250 g/mol. The molecule has 1 saturated heterocycles. The van der Waals surface area contributed by atoms with Gasteiger partial charge in [0.2, 0.25) is 5.91 Å². The Balaban J connectivity index is 2.31. The minimum Gasteiger partial charge on any atom is -0.393 e. The molecule has 0 spiro atoms. The third-order valence-corrected chi connectivity index (χ3v) is 2.93. The number of nitro groups is 1. The molecule has 1 aromatic rings. The Morgan fingerprint density at radius 3 is 2.72 bits per heavy atom. The zero-order valence-corrected chi connectivity index (χ0v) is 10.00. The van der Waals surface area contributed by atoms with Crippen LogP contribution in [-0.2, 0) is 4.79 Å². The lowest BCUT2D eigenvalue weighted by Gasteiger charge is -2.32. The van der Waals surface area contributed by atoms with Gasteiger partial charge in [0.15, 0.2) is 0 Å². The van der Waals surface area contributed by atoms with Crippen molar-refractivity contribution in [2.24, 2.45) is 0 Å². The van der Waals surface area contributed by atoms with Gasteiger partial charge in [-0.05, 0) is 19.2 Å². The molecule has 0 bridgehead atoms. The predicted molar refractivity (Wildman–Crippen MR) is 67.4 cm³/mol. The number of hydrogen-bond donors (Lipinski definition) is 1. The lowest BCUT2D eigenvalue weighted by Crippen LogP contribution is -2.48. The molecule has 2 rings (SSSR count). The predicted octanol–water partition coefficient (Wildman–Crippen LogP) is 0.455. The molecule has 0 aromatic heterocycles. The maximum absolute atomic E-state index is 11.9. The van der Waals surface area contributed by atoms with Crippen molar-refractivity contribution in [3.63, 3.8) is 0 Å². The number of nitrogens with two attached hydrogens (primary N) is 1. The number of rotatable bonds is 2. The van der Waals surface area contributed by atoms with Crippen LogP contribution in [0.3, 0.4) is 0 Å². The largest absolute Gasteiger partial charge is 0.393 e. The van der Waals surface area contributed by atoms with Gasteiger partial charge in [-0.1, -0.05) is 0 Å². The number of carbonyl (C=O) groups is 1. The van der Waals surface area contributed by atoms with Crippen LogP contribution in [0.5, 0.6) is 0 Å². The number of hydrogen-bond acceptors (Lipinski definition) is 5.